The minimum absolute atomic E-state index is 0.123. The van der Waals surface area contributed by atoms with Crippen molar-refractivity contribution in [3.63, 3.8) is 0 Å². The van der Waals surface area contributed by atoms with Crippen molar-refractivity contribution in [1.29, 1.82) is 0 Å². The van der Waals surface area contributed by atoms with Gasteiger partial charge in [0.25, 0.3) is 0 Å². The fourth-order valence-electron chi connectivity index (χ4n) is 1.13. The van der Waals surface area contributed by atoms with E-state index in [-0.39, 0.29) is 21.1 Å². The first-order chi connectivity index (χ1) is 8.08. The number of ether oxygens (including phenoxy) is 1. The van der Waals surface area contributed by atoms with Crippen molar-refractivity contribution in [1.82, 2.24) is 4.98 Å². The lowest BCUT2D eigenvalue weighted by atomic mass is 10.3. The van der Waals surface area contributed by atoms with Crippen molar-refractivity contribution in [2.75, 3.05) is 0 Å². The molecule has 1 aromatic heterocycles. The minimum atomic E-state index is 0.123. The summed E-state index contributed by atoms with van der Waals surface area (Å²) in [5, 5.41) is 1.11. The van der Waals surface area contributed by atoms with E-state index in [0.29, 0.717) is 10.8 Å². The van der Waals surface area contributed by atoms with Gasteiger partial charge < -0.3 is 4.74 Å². The minimum Gasteiger partial charge on any atom is -0.436 e. The molecule has 0 aliphatic carbocycles. The predicted molar refractivity (Wildman–Crippen MR) is 70.8 cm³/mol. The summed E-state index contributed by atoms with van der Waals surface area (Å²) in [6.07, 6.45) is 0. The molecule has 0 saturated heterocycles. The summed E-state index contributed by atoms with van der Waals surface area (Å²) in [6.45, 7) is 0. The lowest BCUT2D eigenvalue weighted by molar-refractivity contribution is 0.463. The summed E-state index contributed by atoms with van der Waals surface area (Å²) in [6, 6.07) is 8.43. The molecule has 0 unspecified atom stereocenters. The van der Waals surface area contributed by atoms with Crippen molar-refractivity contribution >= 4 is 46.4 Å². The fraction of sp³-hybridized carbons (Fsp3) is 0. The zero-order chi connectivity index (χ0) is 12.4. The van der Waals surface area contributed by atoms with Gasteiger partial charge in [0.15, 0.2) is 5.15 Å². The summed E-state index contributed by atoms with van der Waals surface area (Å²) in [4.78, 5) is 3.93. The van der Waals surface area contributed by atoms with Crippen LogP contribution in [0.3, 0.4) is 0 Å². The van der Waals surface area contributed by atoms with E-state index < -0.39 is 0 Å². The Labute approximate surface area is 118 Å². The first kappa shape index (κ1) is 12.8. The van der Waals surface area contributed by atoms with Gasteiger partial charge in [-0.1, -0.05) is 58.5 Å². The van der Waals surface area contributed by atoms with Gasteiger partial charge in [-0.2, -0.15) is 4.98 Å². The molecule has 0 aliphatic rings. The molecule has 17 heavy (non-hydrogen) atoms. The highest BCUT2D eigenvalue weighted by atomic mass is 35.5. The first-order valence-corrected chi connectivity index (χ1v) is 6.03. The van der Waals surface area contributed by atoms with Gasteiger partial charge in [-0.3, -0.25) is 0 Å². The number of benzene rings is 1. The van der Waals surface area contributed by atoms with Crippen molar-refractivity contribution < 1.29 is 4.74 Å². The van der Waals surface area contributed by atoms with Gasteiger partial charge in [0, 0.05) is 0 Å². The maximum atomic E-state index is 5.94. The lowest BCUT2D eigenvalue weighted by Gasteiger charge is -2.08. The Morgan fingerprint density at radius 1 is 0.882 bits per heavy atom. The maximum absolute atomic E-state index is 5.94. The van der Waals surface area contributed by atoms with Crippen molar-refractivity contribution in [2.24, 2.45) is 0 Å². The number of hydrogen-bond donors (Lipinski definition) is 0. The van der Waals surface area contributed by atoms with Crippen LogP contribution < -0.4 is 4.74 Å². The van der Waals surface area contributed by atoms with E-state index in [1.165, 1.54) is 6.07 Å². The van der Waals surface area contributed by atoms with Crippen LogP contribution in [0.2, 0.25) is 20.2 Å². The number of nitrogens with zero attached hydrogens (tertiary/aromatic N) is 1. The second-order valence-corrected chi connectivity index (χ2v) is 4.66. The molecule has 0 saturated carbocycles. The molecule has 0 aliphatic heterocycles. The average molecular weight is 309 g/mol. The second-order valence-electron chi connectivity index (χ2n) is 3.08. The van der Waals surface area contributed by atoms with Gasteiger partial charge in [0.2, 0.25) is 5.88 Å². The Kier molecular flexibility index (Phi) is 4.00. The van der Waals surface area contributed by atoms with E-state index in [0.717, 1.165) is 0 Å². The van der Waals surface area contributed by atoms with Crippen LogP contribution in [0.15, 0.2) is 30.3 Å². The van der Waals surface area contributed by atoms with Crippen LogP contribution >= 0.6 is 46.4 Å². The van der Waals surface area contributed by atoms with Gasteiger partial charge >= 0.3 is 0 Å². The number of pyridine rings is 1. The molecular formula is C11H5Cl4NO. The summed E-state index contributed by atoms with van der Waals surface area (Å²) >= 11 is 23.4. The van der Waals surface area contributed by atoms with Crippen LogP contribution in [-0.4, -0.2) is 4.98 Å². The highest BCUT2D eigenvalue weighted by Crippen LogP contribution is 2.35. The maximum Gasteiger partial charge on any atom is 0.239 e. The highest BCUT2D eigenvalue weighted by Gasteiger charge is 2.11. The SMILES string of the molecule is Clc1ccccc1Oc1nc(Cl)c(Cl)cc1Cl. The number of halogens is 4. The lowest BCUT2D eigenvalue weighted by Crippen LogP contribution is -1.90. The third-order valence-electron chi connectivity index (χ3n) is 1.90. The van der Waals surface area contributed by atoms with Crippen LogP contribution in [0.25, 0.3) is 0 Å². The average Bonchev–Trinajstić information content (AvgIpc) is 2.29. The van der Waals surface area contributed by atoms with Crippen molar-refractivity contribution in [3.8, 4) is 11.6 Å². The number of para-hydroxylation sites is 1. The van der Waals surface area contributed by atoms with Crippen molar-refractivity contribution in [3.05, 3.63) is 50.6 Å². The Morgan fingerprint density at radius 2 is 1.59 bits per heavy atom. The standard InChI is InChI=1S/C11H5Cl4NO/c12-6-3-1-2-4-9(6)17-11-8(14)5-7(13)10(15)16-11/h1-5H. The number of hydrogen-bond acceptors (Lipinski definition) is 2. The van der Waals surface area contributed by atoms with Gasteiger partial charge in [0.05, 0.1) is 10.0 Å². The van der Waals surface area contributed by atoms with Crippen LogP contribution in [0.4, 0.5) is 0 Å². The zero-order valence-electron chi connectivity index (χ0n) is 8.25. The van der Waals surface area contributed by atoms with Gasteiger partial charge in [-0.15, -0.1) is 0 Å². The summed E-state index contributed by atoms with van der Waals surface area (Å²) < 4.78 is 5.46. The topological polar surface area (TPSA) is 22.1 Å². The van der Waals surface area contributed by atoms with E-state index in [9.17, 15) is 0 Å². The Balaban J connectivity index is 2.37. The third-order valence-corrected chi connectivity index (χ3v) is 3.15. The summed E-state index contributed by atoms with van der Waals surface area (Å²) in [5.41, 5.74) is 0. The second kappa shape index (κ2) is 5.32. The monoisotopic (exact) mass is 307 g/mol. The molecule has 1 heterocycles. The highest BCUT2D eigenvalue weighted by molar-refractivity contribution is 6.42. The Morgan fingerprint density at radius 3 is 2.29 bits per heavy atom. The van der Waals surface area contributed by atoms with E-state index in [4.69, 9.17) is 51.1 Å². The molecular weight excluding hydrogens is 304 g/mol. The first-order valence-electron chi connectivity index (χ1n) is 4.52. The fourth-order valence-corrected chi connectivity index (χ4v) is 1.83. The van der Waals surface area contributed by atoms with E-state index >= 15 is 0 Å². The van der Waals surface area contributed by atoms with Crippen LogP contribution in [-0.2, 0) is 0 Å². The molecule has 0 radical (unpaired) electrons. The Hall–Kier alpha value is -0.670. The number of rotatable bonds is 2. The van der Waals surface area contributed by atoms with Gasteiger partial charge in [-0.25, -0.2) is 0 Å². The van der Waals surface area contributed by atoms with Gasteiger partial charge in [0.1, 0.15) is 10.8 Å². The third kappa shape index (κ3) is 2.96. The molecule has 0 N–H and O–H groups in total. The van der Waals surface area contributed by atoms with Crippen LogP contribution in [0.5, 0.6) is 11.6 Å². The molecule has 0 amide bonds. The predicted octanol–water partition coefficient (Wildman–Crippen LogP) is 5.49. The quantitative estimate of drug-likeness (QED) is 0.685. The molecule has 2 nitrogen and oxygen atoms in total. The van der Waals surface area contributed by atoms with Crippen LogP contribution in [0.1, 0.15) is 0 Å². The molecule has 2 rings (SSSR count). The molecule has 0 fully saturated rings. The van der Waals surface area contributed by atoms with E-state index in [1.54, 1.807) is 24.3 Å². The molecule has 2 aromatic rings. The zero-order valence-corrected chi connectivity index (χ0v) is 11.3. The molecule has 1 aromatic carbocycles. The van der Waals surface area contributed by atoms with Gasteiger partial charge in [-0.05, 0) is 18.2 Å². The summed E-state index contributed by atoms with van der Waals surface area (Å²) in [7, 11) is 0. The summed E-state index contributed by atoms with van der Waals surface area (Å²) in [5.74, 6) is 0.608. The smallest absolute Gasteiger partial charge is 0.239 e. The number of aromatic nitrogens is 1. The van der Waals surface area contributed by atoms with E-state index in [2.05, 4.69) is 4.98 Å². The molecule has 0 bridgehead atoms. The van der Waals surface area contributed by atoms with E-state index in [1.807, 2.05) is 0 Å². The van der Waals surface area contributed by atoms with Crippen LogP contribution in [0, 0.1) is 0 Å². The molecule has 6 heteroatoms. The molecule has 0 atom stereocenters. The normalized spacial score (nSPS) is 10.4. The largest absolute Gasteiger partial charge is 0.436 e. The molecule has 88 valence electrons. The molecule has 0 spiro atoms. The Bertz CT molecular complexity index is 559. The van der Waals surface area contributed by atoms with Crippen molar-refractivity contribution in [2.45, 2.75) is 0 Å².